The number of benzene rings is 1. The number of pyridine rings is 1. The lowest BCUT2D eigenvalue weighted by Gasteiger charge is -2.15. The molecule has 0 saturated heterocycles. The number of aryl methyl sites for hydroxylation is 1. The van der Waals surface area contributed by atoms with Crippen molar-refractivity contribution in [3.05, 3.63) is 42.1 Å². The fourth-order valence-corrected chi connectivity index (χ4v) is 3.82. The second-order valence-corrected chi connectivity index (χ2v) is 9.59. The number of nitrogens with zero attached hydrogens (tertiary/aromatic N) is 2. The number of anilines is 1. The summed E-state index contributed by atoms with van der Waals surface area (Å²) in [7, 11) is 0.949. The topological polar surface area (TPSA) is 88.6 Å². The molecule has 27 heavy (non-hydrogen) atoms. The Morgan fingerprint density at radius 3 is 2.52 bits per heavy atom. The number of thioether (sulfide) groups is 1. The summed E-state index contributed by atoms with van der Waals surface area (Å²) in [6.45, 7) is 3.69. The highest BCUT2D eigenvalue weighted by molar-refractivity contribution is 8.00. The molecule has 0 aliphatic heterocycles. The number of aromatic nitrogens is 1. The first kappa shape index (κ1) is 21.2. The van der Waals surface area contributed by atoms with Crippen LogP contribution in [0, 0.1) is 6.92 Å². The van der Waals surface area contributed by atoms with E-state index in [1.54, 1.807) is 26.2 Å². The number of methoxy groups -OCH3 is 1. The summed E-state index contributed by atoms with van der Waals surface area (Å²) < 4.78 is 30.5. The molecule has 0 aliphatic rings. The molecule has 1 heterocycles. The van der Waals surface area contributed by atoms with Crippen molar-refractivity contribution >= 4 is 33.4 Å². The van der Waals surface area contributed by atoms with Gasteiger partial charge in [-0.2, -0.15) is 0 Å². The Balaban J connectivity index is 2.08. The monoisotopic (exact) mass is 409 g/mol. The maximum atomic E-state index is 12.5. The van der Waals surface area contributed by atoms with Gasteiger partial charge in [0.1, 0.15) is 10.6 Å². The quantitative estimate of drug-likeness (QED) is 0.708. The fraction of sp³-hybridized carbons (Fsp3) is 0.333. The highest BCUT2D eigenvalue weighted by Gasteiger charge is 2.20. The first-order valence-electron chi connectivity index (χ1n) is 8.16. The molecular weight excluding hydrogens is 386 g/mol. The Bertz CT molecular complexity index is 913. The molecule has 2 rings (SSSR count). The summed E-state index contributed by atoms with van der Waals surface area (Å²) in [5.41, 5.74) is 1.61. The van der Waals surface area contributed by atoms with E-state index in [1.807, 2.05) is 19.1 Å². The predicted molar refractivity (Wildman–Crippen MR) is 107 cm³/mol. The number of nitrogens with one attached hydrogen (secondary N) is 1. The summed E-state index contributed by atoms with van der Waals surface area (Å²) in [4.78, 5) is 16.8. The third-order valence-corrected chi connectivity index (χ3v) is 6.62. The molecule has 1 atom stereocenters. The minimum absolute atomic E-state index is 0.110. The van der Waals surface area contributed by atoms with E-state index in [4.69, 9.17) is 4.74 Å². The summed E-state index contributed by atoms with van der Waals surface area (Å²) in [6.07, 6.45) is 1.30. The maximum Gasteiger partial charge on any atom is 0.244 e. The lowest BCUT2D eigenvalue weighted by molar-refractivity contribution is -0.115. The van der Waals surface area contributed by atoms with E-state index >= 15 is 0 Å². The van der Waals surface area contributed by atoms with Crippen molar-refractivity contribution in [1.82, 2.24) is 9.29 Å². The number of sulfonamides is 1. The standard InChI is InChI=1S/C18H23N3O4S2/c1-12-6-8-16(25-5)15(10-12)20-18(22)13(2)26-17-9-7-14(11-19-17)27(23,24)21(3)4/h6-11,13H,1-5H3,(H,20,22). The molecule has 0 aliphatic carbocycles. The zero-order valence-corrected chi connectivity index (χ0v) is 17.5. The summed E-state index contributed by atoms with van der Waals surface area (Å²) >= 11 is 1.24. The van der Waals surface area contributed by atoms with Crippen LogP contribution in [0.1, 0.15) is 12.5 Å². The zero-order valence-electron chi connectivity index (χ0n) is 15.9. The minimum Gasteiger partial charge on any atom is -0.495 e. The predicted octanol–water partition coefficient (Wildman–Crippen LogP) is 2.77. The molecule has 9 heteroatoms. The number of amides is 1. The first-order chi connectivity index (χ1) is 12.6. The van der Waals surface area contributed by atoms with Crippen LogP contribution in [0.4, 0.5) is 5.69 Å². The summed E-state index contributed by atoms with van der Waals surface area (Å²) in [5.74, 6) is 0.387. The molecule has 146 valence electrons. The highest BCUT2D eigenvalue weighted by atomic mass is 32.2. The van der Waals surface area contributed by atoms with Crippen molar-refractivity contribution in [1.29, 1.82) is 0 Å². The van der Waals surface area contributed by atoms with Crippen molar-refractivity contribution in [2.75, 3.05) is 26.5 Å². The third-order valence-electron chi connectivity index (χ3n) is 3.77. The number of rotatable bonds is 7. The van der Waals surface area contributed by atoms with Crippen LogP contribution >= 0.6 is 11.8 Å². The molecule has 0 spiro atoms. The number of carbonyl (C=O) groups is 1. The molecule has 1 aromatic heterocycles. The van der Waals surface area contributed by atoms with Gasteiger partial charge in [-0.15, -0.1) is 0 Å². The maximum absolute atomic E-state index is 12.5. The third kappa shape index (κ3) is 5.21. The van der Waals surface area contributed by atoms with Gasteiger partial charge in [0.05, 0.1) is 23.1 Å². The van der Waals surface area contributed by atoms with Crippen LogP contribution < -0.4 is 10.1 Å². The summed E-state index contributed by atoms with van der Waals surface area (Å²) in [6, 6.07) is 8.62. The van der Waals surface area contributed by atoms with E-state index in [-0.39, 0.29) is 10.8 Å². The van der Waals surface area contributed by atoms with E-state index < -0.39 is 15.3 Å². The van der Waals surface area contributed by atoms with Gasteiger partial charge < -0.3 is 10.1 Å². The van der Waals surface area contributed by atoms with E-state index in [0.29, 0.717) is 16.5 Å². The second-order valence-electron chi connectivity index (χ2n) is 6.07. The van der Waals surface area contributed by atoms with Gasteiger partial charge in [-0.25, -0.2) is 17.7 Å². The Kier molecular flexibility index (Phi) is 6.85. The van der Waals surface area contributed by atoms with Crippen LogP contribution in [0.2, 0.25) is 0 Å². The molecular formula is C18H23N3O4S2. The fourth-order valence-electron chi connectivity index (χ4n) is 2.19. The largest absolute Gasteiger partial charge is 0.495 e. The van der Waals surface area contributed by atoms with Crippen LogP contribution in [-0.4, -0.2) is 50.1 Å². The SMILES string of the molecule is COc1ccc(C)cc1NC(=O)C(C)Sc1ccc(S(=O)(=O)N(C)C)cn1. The molecule has 0 saturated carbocycles. The Morgan fingerprint density at radius 2 is 1.96 bits per heavy atom. The molecule has 0 fully saturated rings. The molecule has 1 unspecified atom stereocenters. The van der Waals surface area contributed by atoms with Gasteiger partial charge in [0.25, 0.3) is 0 Å². The number of ether oxygens (including phenoxy) is 1. The highest BCUT2D eigenvalue weighted by Crippen LogP contribution is 2.28. The van der Waals surface area contributed by atoms with Crippen molar-refractivity contribution in [2.24, 2.45) is 0 Å². The van der Waals surface area contributed by atoms with E-state index in [9.17, 15) is 13.2 Å². The smallest absolute Gasteiger partial charge is 0.244 e. The van der Waals surface area contributed by atoms with Crippen LogP contribution in [0.25, 0.3) is 0 Å². The first-order valence-corrected chi connectivity index (χ1v) is 10.5. The van der Waals surface area contributed by atoms with Crippen LogP contribution in [0.3, 0.4) is 0 Å². The van der Waals surface area contributed by atoms with Crippen LogP contribution in [0.15, 0.2) is 46.5 Å². The van der Waals surface area contributed by atoms with Gasteiger partial charge in [0, 0.05) is 20.3 Å². The van der Waals surface area contributed by atoms with Crippen molar-refractivity contribution in [3.63, 3.8) is 0 Å². The molecule has 2 aromatic rings. The molecule has 1 amide bonds. The minimum atomic E-state index is -3.52. The Labute approximate surface area is 164 Å². The van der Waals surface area contributed by atoms with Crippen molar-refractivity contribution < 1.29 is 17.9 Å². The number of carbonyl (C=O) groups excluding carboxylic acids is 1. The van der Waals surface area contributed by atoms with Gasteiger partial charge >= 0.3 is 0 Å². The zero-order chi connectivity index (χ0) is 20.2. The van der Waals surface area contributed by atoms with E-state index in [0.717, 1.165) is 9.87 Å². The van der Waals surface area contributed by atoms with E-state index in [2.05, 4.69) is 10.3 Å². The van der Waals surface area contributed by atoms with Crippen LogP contribution in [-0.2, 0) is 14.8 Å². The average Bonchev–Trinajstić information content (AvgIpc) is 2.62. The van der Waals surface area contributed by atoms with Gasteiger partial charge in [-0.05, 0) is 43.7 Å². The number of hydrogen-bond acceptors (Lipinski definition) is 6. The molecule has 1 aromatic carbocycles. The molecule has 0 bridgehead atoms. The Hall–Kier alpha value is -2.10. The number of hydrogen-bond donors (Lipinski definition) is 1. The average molecular weight is 410 g/mol. The van der Waals surface area contributed by atoms with Crippen molar-refractivity contribution in [2.45, 2.75) is 29.0 Å². The van der Waals surface area contributed by atoms with Gasteiger partial charge in [-0.3, -0.25) is 4.79 Å². The lowest BCUT2D eigenvalue weighted by Crippen LogP contribution is -2.23. The molecule has 1 N–H and O–H groups in total. The molecule has 7 nitrogen and oxygen atoms in total. The Morgan fingerprint density at radius 1 is 1.26 bits per heavy atom. The van der Waals surface area contributed by atoms with Gasteiger partial charge in [-0.1, -0.05) is 17.8 Å². The molecule has 0 radical (unpaired) electrons. The summed E-state index contributed by atoms with van der Waals surface area (Å²) in [5, 5.41) is 2.99. The van der Waals surface area contributed by atoms with Gasteiger partial charge in [0.2, 0.25) is 15.9 Å². The lowest BCUT2D eigenvalue weighted by atomic mass is 10.2. The van der Waals surface area contributed by atoms with Crippen molar-refractivity contribution in [3.8, 4) is 5.75 Å². The second kappa shape index (κ2) is 8.73. The normalized spacial score (nSPS) is 12.7. The van der Waals surface area contributed by atoms with Gasteiger partial charge in [0.15, 0.2) is 0 Å². The van der Waals surface area contributed by atoms with Crippen LogP contribution in [0.5, 0.6) is 5.75 Å². The van der Waals surface area contributed by atoms with E-state index in [1.165, 1.54) is 38.1 Å².